The van der Waals surface area contributed by atoms with Crippen molar-refractivity contribution in [1.82, 2.24) is 15.5 Å². The van der Waals surface area contributed by atoms with Crippen LogP contribution in [0.4, 0.5) is 0 Å². The molecule has 0 radical (unpaired) electrons. The van der Waals surface area contributed by atoms with Gasteiger partial charge in [0.1, 0.15) is 0 Å². The summed E-state index contributed by atoms with van der Waals surface area (Å²) in [5.41, 5.74) is 2.65. The second-order valence-corrected chi connectivity index (χ2v) is 9.25. The van der Waals surface area contributed by atoms with Gasteiger partial charge in [0, 0.05) is 44.1 Å². The van der Waals surface area contributed by atoms with Crippen LogP contribution in [-0.2, 0) is 22.6 Å². The highest BCUT2D eigenvalue weighted by molar-refractivity contribution is 14.0. The maximum atomic E-state index is 11.9. The fourth-order valence-corrected chi connectivity index (χ4v) is 5.66. The van der Waals surface area contributed by atoms with Crippen LogP contribution < -0.4 is 10.6 Å². The number of hydrogen-bond acceptors (Lipinski definition) is 3. The van der Waals surface area contributed by atoms with Crippen molar-refractivity contribution in [2.75, 3.05) is 19.7 Å². The van der Waals surface area contributed by atoms with Gasteiger partial charge in [-0.3, -0.25) is 4.79 Å². The van der Waals surface area contributed by atoms with Crippen molar-refractivity contribution in [3.05, 3.63) is 35.4 Å². The maximum Gasteiger partial charge on any atom is 0.222 e. The van der Waals surface area contributed by atoms with E-state index in [-0.39, 0.29) is 35.3 Å². The average Bonchev–Trinajstić information content (AvgIpc) is 3.43. The minimum Gasteiger partial charge on any atom is -0.378 e. The second-order valence-electron chi connectivity index (χ2n) is 9.25. The molecule has 1 aromatic rings. The Morgan fingerprint density at radius 3 is 2.69 bits per heavy atom. The second kappa shape index (κ2) is 11.7. The zero-order valence-electron chi connectivity index (χ0n) is 19.6. The van der Waals surface area contributed by atoms with E-state index in [0.717, 1.165) is 38.5 Å². The Labute approximate surface area is 210 Å². The van der Waals surface area contributed by atoms with Crippen molar-refractivity contribution < 1.29 is 9.53 Å². The summed E-state index contributed by atoms with van der Waals surface area (Å²) in [7, 11) is 0. The Kier molecular flexibility index (Phi) is 9.22. The Bertz CT molecular complexity index is 794. The number of rotatable bonds is 8. The third-order valence-electron chi connectivity index (χ3n) is 7.30. The largest absolute Gasteiger partial charge is 0.378 e. The third kappa shape index (κ3) is 5.58. The Morgan fingerprint density at radius 1 is 1.22 bits per heavy atom. The number of aliphatic imine (C=N–C) groups is 1. The van der Waals surface area contributed by atoms with Crippen molar-refractivity contribution in [1.29, 1.82) is 0 Å². The lowest BCUT2D eigenvalue weighted by Crippen LogP contribution is -2.65. The van der Waals surface area contributed by atoms with Gasteiger partial charge in [-0.1, -0.05) is 37.1 Å². The van der Waals surface area contributed by atoms with Gasteiger partial charge in [0.25, 0.3) is 0 Å². The van der Waals surface area contributed by atoms with Gasteiger partial charge in [0.2, 0.25) is 5.91 Å². The quantitative estimate of drug-likeness (QED) is 0.287. The molecule has 0 bridgehead atoms. The van der Waals surface area contributed by atoms with Crippen molar-refractivity contribution in [3.63, 3.8) is 0 Å². The molecule has 32 heavy (non-hydrogen) atoms. The van der Waals surface area contributed by atoms with Crippen molar-refractivity contribution in [2.24, 2.45) is 10.4 Å². The number of ether oxygens (including phenoxy) is 1. The molecular formula is C25H39IN4O2. The zero-order chi connectivity index (χ0) is 21.7. The molecule has 178 valence electrons. The number of benzene rings is 1. The van der Waals surface area contributed by atoms with Crippen LogP contribution in [0.3, 0.4) is 0 Å². The molecule has 3 aliphatic rings. The number of hydrogen-bond donors (Lipinski definition) is 2. The van der Waals surface area contributed by atoms with Crippen molar-refractivity contribution >= 4 is 35.8 Å². The van der Waals surface area contributed by atoms with Gasteiger partial charge in [-0.05, 0) is 50.7 Å². The first-order valence-electron chi connectivity index (χ1n) is 12.2. The van der Waals surface area contributed by atoms with Crippen LogP contribution in [0.25, 0.3) is 0 Å². The van der Waals surface area contributed by atoms with E-state index in [9.17, 15) is 4.79 Å². The van der Waals surface area contributed by atoms with E-state index < -0.39 is 0 Å². The fourth-order valence-electron chi connectivity index (χ4n) is 5.66. The third-order valence-corrected chi connectivity index (χ3v) is 7.30. The molecule has 1 heterocycles. The topological polar surface area (TPSA) is 66.0 Å². The summed E-state index contributed by atoms with van der Waals surface area (Å²) >= 11 is 0. The van der Waals surface area contributed by atoms with E-state index in [0.29, 0.717) is 31.7 Å². The van der Waals surface area contributed by atoms with Crippen LogP contribution in [0, 0.1) is 5.41 Å². The van der Waals surface area contributed by atoms with Gasteiger partial charge in [-0.25, -0.2) is 4.99 Å². The highest BCUT2D eigenvalue weighted by Gasteiger charge is 2.56. The summed E-state index contributed by atoms with van der Waals surface area (Å²) in [6.45, 7) is 8.07. The number of carbonyl (C=O) groups excluding carboxylic acids is 1. The molecule has 2 unspecified atom stereocenters. The minimum atomic E-state index is 0. The molecule has 2 atom stereocenters. The smallest absolute Gasteiger partial charge is 0.222 e. The molecule has 2 saturated carbocycles. The monoisotopic (exact) mass is 554 g/mol. The van der Waals surface area contributed by atoms with E-state index in [2.05, 4.69) is 48.7 Å². The van der Waals surface area contributed by atoms with E-state index in [1.54, 1.807) is 0 Å². The first-order valence-corrected chi connectivity index (χ1v) is 12.2. The molecule has 2 N–H and O–H groups in total. The number of halogens is 1. The predicted molar refractivity (Wildman–Crippen MR) is 139 cm³/mol. The lowest BCUT2D eigenvalue weighted by Gasteiger charge is -2.54. The van der Waals surface area contributed by atoms with Gasteiger partial charge in [-0.15, -0.1) is 24.0 Å². The molecule has 4 rings (SSSR count). The van der Waals surface area contributed by atoms with Gasteiger partial charge in [-0.2, -0.15) is 0 Å². The molecule has 1 saturated heterocycles. The number of likely N-dealkylation sites (tertiary alicyclic amines) is 1. The molecule has 3 fully saturated rings. The SMILES string of the molecule is CCNC(=NCc1cccc(CN2CCCC2=O)c1)NC1CC(OCC)C12CCCC2.I. The van der Waals surface area contributed by atoms with Crippen LogP contribution in [0.5, 0.6) is 0 Å². The van der Waals surface area contributed by atoms with Gasteiger partial charge < -0.3 is 20.3 Å². The molecule has 2 aliphatic carbocycles. The van der Waals surface area contributed by atoms with Gasteiger partial charge >= 0.3 is 0 Å². The molecule has 1 aliphatic heterocycles. The van der Waals surface area contributed by atoms with E-state index in [1.165, 1.54) is 36.8 Å². The molecule has 1 spiro atoms. The summed E-state index contributed by atoms with van der Waals surface area (Å²) in [5, 5.41) is 7.16. The summed E-state index contributed by atoms with van der Waals surface area (Å²) in [6.07, 6.45) is 8.26. The Balaban J connectivity index is 0.00000289. The minimum absolute atomic E-state index is 0. The highest BCUT2D eigenvalue weighted by atomic mass is 127. The maximum absolute atomic E-state index is 11.9. The standard InChI is InChI=1S/C25H38N4O2.HI/c1-3-26-24(28-21-16-22(31-4-2)25(21)12-5-6-13-25)27-17-19-9-7-10-20(15-19)18-29-14-8-11-23(29)30;/h7,9-10,15,21-22H,3-6,8,11-14,16-18H2,1-2H3,(H2,26,27,28);1H. The van der Waals surface area contributed by atoms with Crippen LogP contribution in [0.1, 0.15) is 69.9 Å². The number of carbonyl (C=O) groups is 1. The first kappa shape index (κ1) is 25.3. The summed E-state index contributed by atoms with van der Waals surface area (Å²) in [4.78, 5) is 18.8. The van der Waals surface area contributed by atoms with E-state index >= 15 is 0 Å². The number of guanidine groups is 1. The average molecular weight is 555 g/mol. The van der Waals surface area contributed by atoms with Crippen LogP contribution in [-0.4, -0.2) is 48.6 Å². The molecule has 1 amide bonds. The normalized spacial score (nSPS) is 24.4. The van der Waals surface area contributed by atoms with Crippen LogP contribution in [0.15, 0.2) is 29.3 Å². The Hall–Kier alpha value is -1.35. The summed E-state index contributed by atoms with van der Waals surface area (Å²) in [6, 6.07) is 8.93. The Morgan fingerprint density at radius 2 is 2.00 bits per heavy atom. The van der Waals surface area contributed by atoms with Crippen molar-refractivity contribution in [3.8, 4) is 0 Å². The van der Waals surface area contributed by atoms with E-state index in [1.807, 2.05) is 4.90 Å². The van der Waals surface area contributed by atoms with Crippen LogP contribution in [0.2, 0.25) is 0 Å². The van der Waals surface area contributed by atoms with Crippen molar-refractivity contribution in [2.45, 2.75) is 84.0 Å². The summed E-state index contributed by atoms with van der Waals surface area (Å²) < 4.78 is 6.06. The number of amides is 1. The fraction of sp³-hybridized carbons (Fsp3) is 0.680. The molecular weight excluding hydrogens is 515 g/mol. The lowest BCUT2D eigenvalue weighted by molar-refractivity contribution is -0.128. The van der Waals surface area contributed by atoms with Crippen LogP contribution >= 0.6 is 24.0 Å². The predicted octanol–water partition coefficient (Wildman–Crippen LogP) is 4.22. The first-order chi connectivity index (χ1) is 15.1. The highest BCUT2D eigenvalue weighted by Crippen LogP contribution is 2.54. The molecule has 0 aromatic heterocycles. The number of nitrogens with zero attached hydrogens (tertiary/aromatic N) is 2. The lowest BCUT2D eigenvalue weighted by atomic mass is 9.60. The van der Waals surface area contributed by atoms with E-state index in [4.69, 9.17) is 9.73 Å². The molecule has 6 nitrogen and oxygen atoms in total. The molecule has 7 heteroatoms. The van der Waals surface area contributed by atoms with Gasteiger partial charge in [0.05, 0.1) is 12.6 Å². The van der Waals surface area contributed by atoms with Gasteiger partial charge in [0.15, 0.2) is 5.96 Å². The number of nitrogens with one attached hydrogen (secondary N) is 2. The summed E-state index contributed by atoms with van der Waals surface area (Å²) in [5.74, 6) is 1.17. The molecule has 1 aromatic carbocycles. The zero-order valence-corrected chi connectivity index (χ0v) is 21.9.